The topological polar surface area (TPSA) is 108 Å². The van der Waals surface area contributed by atoms with Crippen molar-refractivity contribution in [3.8, 4) is 17.2 Å². The largest absolute Gasteiger partial charge is 0.493 e. The molecule has 10 heteroatoms. The lowest BCUT2D eigenvalue weighted by Crippen LogP contribution is -2.31. The van der Waals surface area contributed by atoms with Crippen LogP contribution in [0.5, 0.6) is 17.2 Å². The molecule has 1 aliphatic rings. The van der Waals surface area contributed by atoms with E-state index >= 15 is 0 Å². The third kappa shape index (κ3) is 5.91. The van der Waals surface area contributed by atoms with E-state index in [1.807, 2.05) is 37.3 Å². The Hall–Kier alpha value is -4.05. The van der Waals surface area contributed by atoms with Crippen molar-refractivity contribution in [3.63, 3.8) is 0 Å². The Morgan fingerprint density at radius 3 is 2.34 bits per heavy atom. The molecule has 2 unspecified atom stereocenters. The molecular formula is C28H29NO8S. The number of benzene rings is 3. The molecular weight excluding hydrogens is 510 g/mol. The number of sulfone groups is 1. The number of hydrogen-bond acceptors (Lipinski definition) is 8. The Labute approximate surface area is 221 Å². The van der Waals surface area contributed by atoms with Crippen LogP contribution in [-0.2, 0) is 37.1 Å². The van der Waals surface area contributed by atoms with Crippen LogP contribution in [0.2, 0.25) is 0 Å². The molecule has 1 fully saturated rings. The highest BCUT2D eigenvalue weighted by molar-refractivity contribution is 7.90. The van der Waals surface area contributed by atoms with Gasteiger partial charge in [-0.2, -0.15) is 0 Å². The summed E-state index contributed by atoms with van der Waals surface area (Å²) in [6.07, 6.45) is 0.166. The number of carbonyl (C=O) groups excluding carboxylic acids is 2. The van der Waals surface area contributed by atoms with E-state index in [-0.39, 0.29) is 23.9 Å². The Morgan fingerprint density at radius 1 is 0.974 bits per heavy atom. The van der Waals surface area contributed by atoms with Gasteiger partial charge in [0.25, 0.3) is 0 Å². The van der Waals surface area contributed by atoms with E-state index in [2.05, 4.69) is 0 Å². The van der Waals surface area contributed by atoms with Crippen LogP contribution >= 0.6 is 0 Å². The van der Waals surface area contributed by atoms with Crippen molar-refractivity contribution in [2.24, 2.45) is 0 Å². The van der Waals surface area contributed by atoms with E-state index in [4.69, 9.17) is 18.9 Å². The normalized spacial score (nSPS) is 17.2. The van der Waals surface area contributed by atoms with Gasteiger partial charge in [0.05, 0.1) is 38.1 Å². The molecule has 2 atom stereocenters. The molecule has 4 rings (SSSR count). The molecule has 0 spiro atoms. The van der Waals surface area contributed by atoms with Crippen LogP contribution in [0.1, 0.15) is 29.7 Å². The average Bonchev–Trinajstić information content (AvgIpc) is 3.18. The number of methoxy groups -OCH3 is 2. The van der Waals surface area contributed by atoms with E-state index in [0.717, 1.165) is 11.8 Å². The number of rotatable bonds is 9. The van der Waals surface area contributed by atoms with Crippen molar-refractivity contribution in [1.82, 2.24) is 4.90 Å². The minimum Gasteiger partial charge on any atom is -0.493 e. The summed E-state index contributed by atoms with van der Waals surface area (Å²) < 4.78 is 46.7. The molecule has 38 heavy (non-hydrogen) atoms. The average molecular weight is 540 g/mol. The molecule has 200 valence electrons. The van der Waals surface area contributed by atoms with Crippen LogP contribution in [0.3, 0.4) is 0 Å². The summed E-state index contributed by atoms with van der Waals surface area (Å²) in [5, 5.41) is 0. The Morgan fingerprint density at radius 2 is 1.68 bits per heavy atom. The maximum Gasteiger partial charge on any atom is 0.411 e. The Kier molecular flexibility index (Phi) is 7.91. The van der Waals surface area contributed by atoms with Gasteiger partial charge in [0.1, 0.15) is 11.9 Å². The molecule has 0 bridgehead atoms. The number of nitrogens with zero attached hydrogens (tertiary/aromatic N) is 1. The van der Waals surface area contributed by atoms with E-state index in [0.29, 0.717) is 28.4 Å². The highest BCUT2D eigenvalue weighted by Gasteiger charge is 2.40. The third-order valence-electron chi connectivity index (χ3n) is 6.35. The second-order valence-corrected chi connectivity index (χ2v) is 11.0. The number of hydrogen-bond donors (Lipinski definition) is 0. The summed E-state index contributed by atoms with van der Waals surface area (Å²) in [5.41, 5.74) is 1.97. The fraction of sp³-hybridized carbons (Fsp3) is 0.286. The van der Waals surface area contributed by atoms with Gasteiger partial charge in [-0.05, 0) is 48.4 Å². The fourth-order valence-electron chi connectivity index (χ4n) is 4.26. The van der Waals surface area contributed by atoms with Gasteiger partial charge in [-0.15, -0.1) is 0 Å². The maximum atomic E-state index is 12.9. The second-order valence-electron chi connectivity index (χ2n) is 8.97. The summed E-state index contributed by atoms with van der Waals surface area (Å²) >= 11 is 0. The summed E-state index contributed by atoms with van der Waals surface area (Å²) in [6, 6.07) is 18.6. The Bertz CT molecular complexity index is 1440. The highest BCUT2D eigenvalue weighted by atomic mass is 32.2. The van der Waals surface area contributed by atoms with Gasteiger partial charge in [-0.25, -0.2) is 13.2 Å². The molecule has 1 saturated heterocycles. The van der Waals surface area contributed by atoms with Gasteiger partial charge < -0.3 is 18.9 Å². The number of amides is 1. The summed E-state index contributed by atoms with van der Waals surface area (Å²) in [6.45, 7) is 1.93. The molecule has 3 aromatic rings. The van der Waals surface area contributed by atoms with Crippen molar-refractivity contribution in [3.05, 3.63) is 83.4 Å². The summed E-state index contributed by atoms with van der Waals surface area (Å²) in [4.78, 5) is 26.3. The predicted molar refractivity (Wildman–Crippen MR) is 139 cm³/mol. The maximum absolute atomic E-state index is 12.9. The molecule has 0 saturated carbocycles. The summed E-state index contributed by atoms with van der Waals surface area (Å²) in [5.74, 6) is 0.652. The van der Waals surface area contributed by atoms with Crippen LogP contribution < -0.4 is 9.47 Å². The molecule has 0 aliphatic carbocycles. The van der Waals surface area contributed by atoms with Gasteiger partial charge in [0, 0.05) is 11.8 Å². The second kappa shape index (κ2) is 11.1. The minimum absolute atomic E-state index is 0.0364. The van der Waals surface area contributed by atoms with Crippen LogP contribution in [-0.4, -0.2) is 51.9 Å². The first-order valence-corrected chi connectivity index (χ1v) is 13.8. The van der Waals surface area contributed by atoms with Crippen molar-refractivity contribution in [2.75, 3.05) is 20.5 Å². The molecule has 9 nitrogen and oxygen atoms in total. The number of cyclic esters (lactones) is 1. The number of esters is 1. The van der Waals surface area contributed by atoms with E-state index < -0.39 is 28.0 Å². The zero-order chi connectivity index (χ0) is 27.4. The zero-order valence-electron chi connectivity index (χ0n) is 21.5. The van der Waals surface area contributed by atoms with Crippen LogP contribution in [0.15, 0.2) is 71.6 Å². The monoisotopic (exact) mass is 539 g/mol. The van der Waals surface area contributed by atoms with Crippen molar-refractivity contribution in [1.29, 1.82) is 0 Å². The molecule has 1 aliphatic heterocycles. The Balaban J connectivity index is 1.69. The van der Waals surface area contributed by atoms with Crippen molar-refractivity contribution < 1.29 is 37.0 Å². The summed E-state index contributed by atoms with van der Waals surface area (Å²) in [7, 11) is -0.733. The molecule has 0 N–H and O–H groups in total. The van der Waals surface area contributed by atoms with Gasteiger partial charge >= 0.3 is 12.1 Å². The minimum atomic E-state index is -3.53. The van der Waals surface area contributed by atoms with Gasteiger partial charge in [-0.1, -0.05) is 36.4 Å². The van der Waals surface area contributed by atoms with E-state index in [1.54, 1.807) is 24.3 Å². The van der Waals surface area contributed by atoms with Crippen LogP contribution in [0.25, 0.3) is 0 Å². The van der Waals surface area contributed by atoms with E-state index in [1.165, 1.54) is 31.3 Å². The lowest BCUT2D eigenvalue weighted by atomic mass is 10.0. The highest BCUT2D eigenvalue weighted by Crippen LogP contribution is 2.38. The van der Waals surface area contributed by atoms with Gasteiger partial charge in [0.2, 0.25) is 0 Å². The van der Waals surface area contributed by atoms with E-state index in [9.17, 15) is 18.0 Å². The van der Waals surface area contributed by atoms with Crippen molar-refractivity contribution >= 4 is 21.9 Å². The third-order valence-corrected chi connectivity index (χ3v) is 7.46. The zero-order valence-corrected chi connectivity index (χ0v) is 22.4. The van der Waals surface area contributed by atoms with Gasteiger partial charge in [-0.3, -0.25) is 9.69 Å². The lowest BCUT2D eigenvalue weighted by Gasteiger charge is -2.23. The molecule has 0 radical (unpaired) electrons. The predicted octanol–water partition coefficient (Wildman–Crippen LogP) is 4.69. The standard InChI is InChI=1S/C28H29NO8S/c1-18-27(20-8-6-5-7-9-20)37-28(31)29(18)17-21-16-22(38(4,32)33)11-13-23(21)36-25-14-19(15-26(30)35-3)10-12-24(25)34-2/h5-14,16,18,27H,15,17H2,1-4H3. The van der Waals surface area contributed by atoms with Crippen LogP contribution in [0.4, 0.5) is 4.79 Å². The molecule has 1 heterocycles. The lowest BCUT2D eigenvalue weighted by molar-refractivity contribution is -0.139. The molecule has 1 amide bonds. The fourth-order valence-corrected chi connectivity index (χ4v) is 4.94. The van der Waals surface area contributed by atoms with Gasteiger partial charge in [0.15, 0.2) is 21.3 Å². The van der Waals surface area contributed by atoms with Crippen molar-refractivity contribution in [2.45, 2.75) is 36.9 Å². The first-order valence-electron chi connectivity index (χ1n) is 11.9. The molecule has 3 aromatic carbocycles. The quantitative estimate of drug-likeness (QED) is 0.361. The van der Waals surface area contributed by atoms with Crippen LogP contribution in [0, 0.1) is 0 Å². The smallest absolute Gasteiger partial charge is 0.411 e. The number of carbonyl (C=O) groups is 2. The first-order chi connectivity index (χ1) is 18.1. The first kappa shape index (κ1) is 27.0. The number of ether oxygens (including phenoxy) is 4. The SMILES string of the molecule is COC(=O)Cc1ccc(OC)c(Oc2ccc(S(C)(=O)=O)cc2CN2C(=O)OC(c3ccccc3)C2C)c1. The molecule has 0 aromatic heterocycles.